The fraction of sp³-hybridized carbons (Fsp3) is 0.500. The summed E-state index contributed by atoms with van der Waals surface area (Å²) in [6.07, 6.45) is 7.30. The van der Waals surface area contributed by atoms with Crippen LogP contribution in [0.3, 0.4) is 0 Å². The quantitative estimate of drug-likeness (QED) is 0.743. The molecular weight excluding hydrogens is 228 g/mol. The van der Waals surface area contributed by atoms with Crippen LogP contribution in [-0.4, -0.2) is 15.1 Å². The van der Waals surface area contributed by atoms with Crippen LogP contribution in [0.25, 0.3) is 5.57 Å². The van der Waals surface area contributed by atoms with Gasteiger partial charge < -0.3 is 0 Å². The van der Waals surface area contributed by atoms with E-state index in [1.54, 1.807) is 0 Å². The smallest absolute Gasteiger partial charge is 0.0564 e. The summed E-state index contributed by atoms with van der Waals surface area (Å²) in [5, 5.41) is 5.25. The van der Waals surface area contributed by atoms with Crippen molar-refractivity contribution in [2.45, 2.75) is 26.8 Å². The summed E-state index contributed by atoms with van der Waals surface area (Å²) in [6, 6.07) is 0. The van der Waals surface area contributed by atoms with Gasteiger partial charge in [-0.15, -0.1) is 0 Å². The molecule has 0 amide bonds. The highest BCUT2D eigenvalue weighted by molar-refractivity contribution is 9.09. The van der Waals surface area contributed by atoms with Crippen molar-refractivity contribution in [2.24, 2.45) is 0 Å². The third-order valence-electron chi connectivity index (χ3n) is 1.97. The topological polar surface area (TPSA) is 17.8 Å². The number of alkyl halides is 1. The Kier molecular flexibility index (Phi) is 4.22. The molecule has 72 valence electrons. The summed E-state index contributed by atoms with van der Waals surface area (Å²) in [5.74, 6) is 0. The summed E-state index contributed by atoms with van der Waals surface area (Å²) in [6.45, 7) is 5.15. The zero-order valence-electron chi connectivity index (χ0n) is 8.13. The van der Waals surface area contributed by atoms with E-state index in [1.165, 1.54) is 11.1 Å². The van der Waals surface area contributed by atoms with Gasteiger partial charge in [0.25, 0.3) is 0 Å². The van der Waals surface area contributed by atoms with Crippen LogP contribution in [0.2, 0.25) is 0 Å². The van der Waals surface area contributed by atoms with Gasteiger partial charge in [-0.2, -0.15) is 5.10 Å². The minimum absolute atomic E-state index is 0.936. The Morgan fingerprint density at radius 3 is 3.00 bits per heavy atom. The van der Waals surface area contributed by atoms with Crippen molar-refractivity contribution < 1.29 is 0 Å². The molecule has 0 atom stereocenters. The van der Waals surface area contributed by atoms with Crippen LogP contribution in [0.1, 0.15) is 25.8 Å². The lowest BCUT2D eigenvalue weighted by Gasteiger charge is -1.95. The first-order valence-electron chi connectivity index (χ1n) is 4.53. The standard InChI is InChI=1S/C10H15BrN2/c1-3-13-8-10(7-12-13)9(2)5-4-6-11/h5,7-8H,3-4,6H2,1-2H3. The van der Waals surface area contributed by atoms with Crippen LogP contribution in [0.5, 0.6) is 0 Å². The first-order valence-corrected chi connectivity index (χ1v) is 5.65. The minimum Gasteiger partial charge on any atom is -0.272 e. The summed E-state index contributed by atoms with van der Waals surface area (Å²) in [4.78, 5) is 0. The summed E-state index contributed by atoms with van der Waals surface area (Å²) in [5.41, 5.74) is 2.53. The number of hydrogen-bond donors (Lipinski definition) is 0. The Morgan fingerprint density at radius 2 is 2.46 bits per heavy atom. The number of allylic oxidation sites excluding steroid dienone is 2. The van der Waals surface area contributed by atoms with Crippen LogP contribution in [0, 0.1) is 0 Å². The van der Waals surface area contributed by atoms with E-state index in [1.807, 2.05) is 10.9 Å². The van der Waals surface area contributed by atoms with Gasteiger partial charge in [-0.25, -0.2) is 0 Å². The van der Waals surface area contributed by atoms with Crippen molar-refractivity contribution in [3.05, 3.63) is 24.0 Å². The van der Waals surface area contributed by atoms with E-state index in [2.05, 4.69) is 47.1 Å². The first kappa shape index (κ1) is 10.5. The Hall–Kier alpha value is -0.570. The average Bonchev–Trinajstić information content (AvgIpc) is 2.62. The van der Waals surface area contributed by atoms with Crippen molar-refractivity contribution in [2.75, 3.05) is 5.33 Å². The highest BCUT2D eigenvalue weighted by Crippen LogP contribution is 2.13. The Balaban J connectivity index is 2.70. The zero-order chi connectivity index (χ0) is 9.68. The monoisotopic (exact) mass is 242 g/mol. The summed E-state index contributed by atoms with van der Waals surface area (Å²) < 4.78 is 1.95. The molecule has 3 heteroatoms. The predicted octanol–water partition coefficient (Wildman–Crippen LogP) is 3.09. The third-order valence-corrected chi connectivity index (χ3v) is 2.43. The van der Waals surface area contributed by atoms with Gasteiger partial charge in [0.15, 0.2) is 0 Å². The molecular formula is C10H15BrN2. The van der Waals surface area contributed by atoms with Crippen molar-refractivity contribution in [1.29, 1.82) is 0 Å². The normalized spacial score (nSPS) is 12.1. The minimum atomic E-state index is 0.936. The molecule has 0 aromatic carbocycles. The molecule has 0 radical (unpaired) electrons. The van der Waals surface area contributed by atoms with Gasteiger partial charge in [0.1, 0.15) is 0 Å². The van der Waals surface area contributed by atoms with Gasteiger partial charge in [0.2, 0.25) is 0 Å². The van der Waals surface area contributed by atoms with Crippen LogP contribution >= 0.6 is 15.9 Å². The van der Waals surface area contributed by atoms with E-state index < -0.39 is 0 Å². The second-order valence-electron chi connectivity index (χ2n) is 2.95. The maximum absolute atomic E-state index is 4.23. The molecule has 0 saturated carbocycles. The lowest BCUT2D eigenvalue weighted by Crippen LogP contribution is -1.92. The van der Waals surface area contributed by atoms with Gasteiger partial charge >= 0.3 is 0 Å². The molecule has 0 aliphatic carbocycles. The molecule has 0 bridgehead atoms. The molecule has 0 fully saturated rings. The number of halogens is 1. The van der Waals surface area contributed by atoms with Gasteiger partial charge in [0.05, 0.1) is 6.20 Å². The molecule has 1 rings (SSSR count). The van der Waals surface area contributed by atoms with Crippen LogP contribution < -0.4 is 0 Å². The molecule has 0 spiro atoms. The van der Waals surface area contributed by atoms with E-state index in [0.29, 0.717) is 0 Å². The van der Waals surface area contributed by atoms with Crippen LogP contribution in [0.15, 0.2) is 18.5 Å². The van der Waals surface area contributed by atoms with Crippen molar-refractivity contribution in [1.82, 2.24) is 9.78 Å². The lowest BCUT2D eigenvalue weighted by atomic mass is 10.1. The summed E-state index contributed by atoms with van der Waals surface area (Å²) >= 11 is 3.40. The number of aromatic nitrogens is 2. The predicted molar refractivity (Wildman–Crippen MR) is 60.0 cm³/mol. The molecule has 0 saturated heterocycles. The van der Waals surface area contributed by atoms with E-state index in [-0.39, 0.29) is 0 Å². The van der Waals surface area contributed by atoms with E-state index in [4.69, 9.17) is 0 Å². The maximum Gasteiger partial charge on any atom is 0.0564 e. The Labute approximate surface area is 87.8 Å². The first-order chi connectivity index (χ1) is 6.27. The van der Waals surface area contributed by atoms with Crippen molar-refractivity contribution in [3.63, 3.8) is 0 Å². The van der Waals surface area contributed by atoms with Gasteiger partial charge in [-0.05, 0) is 25.8 Å². The second kappa shape index (κ2) is 5.22. The van der Waals surface area contributed by atoms with E-state index >= 15 is 0 Å². The maximum atomic E-state index is 4.23. The zero-order valence-corrected chi connectivity index (χ0v) is 9.71. The molecule has 1 aromatic heterocycles. The average molecular weight is 243 g/mol. The number of hydrogen-bond acceptors (Lipinski definition) is 1. The fourth-order valence-electron chi connectivity index (χ4n) is 1.13. The molecule has 0 aliphatic rings. The SMILES string of the molecule is CCn1cc(C(C)=CCCBr)cn1. The Morgan fingerprint density at radius 1 is 1.69 bits per heavy atom. The second-order valence-corrected chi connectivity index (χ2v) is 3.74. The van der Waals surface area contributed by atoms with Crippen molar-refractivity contribution >= 4 is 21.5 Å². The van der Waals surface area contributed by atoms with Gasteiger partial charge in [-0.3, -0.25) is 4.68 Å². The van der Waals surface area contributed by atoms with E-state index in [9.17, 15) is 0 Å². The molecule has 0 N–H and O–H groups in total. The molecule has 13 heavy (non-hydrogen) atoms. The van der Waals surface area contributed by atoms with Crippen molar-refractivity contribution in [3.8, 4) is 0 Å². The van der Waals surface area contributed by atoms with Crippen LogP contribution in [0.4, 0.5) is 0 Å². The van der Waals surface area contributed by atoms with Gasteiger partial charge in [0, 0.05) is 23.6 Å². The molecule has 2 nitrogen and oxygen atoms in total. The number of aryl methyl sites for hydroxylation is 1. The van der Waals surface area contributed by atoms with Gasteiger partial charge in [-0.1, -0.05) is 22.0 Å². The highest BCUT2D eigenvalue weighted by Gasteiger charge is 1.98. The fourth-order valence-corrected chi connectivity index (χ4v) is 1.36. The van der Waals surface area contributed by atoms with E-state index in [0.717, 1.165) is 18.3 Å². The molecule has 1 aromatic rings. The largest absolute Gasteiger partial charge is 0.272 e. The Bertz CT molecular complexity index is 289. The summed E-state index contributed by atoms with van der Waals surface area (Å²) in [7, 11) is 0. The highest BCUT2D eigenvalue weighted by atomic mass is 79.9. The lowest BCUT2D eigenvalue weighted by molar-refractivity contribution is 0.659. The molecule has 1 heterocycles. The third kappa shape index (κ3) is 2.99. The number of rotatable bonds is 4. The molecule has 0 unspecified atom stereocenters. The number of nitrogens with zero attached hydrogens (tertiary/aromatic N) is 2. The molecule has 0 aliphatic heterocycles. The van der Waals surface area contributed by atoms with Crippen LogP contribution in [-0.2, 0) is 6.54 Å².